The molecule has 0 aliphatic carbocycles. The Kier molecular flexibility index (Phi) is 3.96. The molecular formula is C12H16N4O3. The molecule has 0 saturated heterocycles. The number of imidazole rings is 1. The van der Waals surface area contributed by atoms with Gasteiger partial charge in [-0.2, -0.15) is 0 Å². The van der Waals surface area contributed by atoms with Crippen molar-refractivity contribution in [3.63, 3.8) is 0 Å². The van der Waals surface area contributed by atoms with Crippen LogP contribution in [-0.4, -0.2) is 45.9 Å². The van der Waals surface area contributed by atoms with E-state index in [0.717, 1.165) is 6.42 Å². The lowest BCUT2D eigenvalue weighted by atomic mass is 10.3. The predicted molar refractivity (Wildman–Crippen MR) is 69.7 cm³/mol. The molecule has 7 heteroatoms. The van der Waals surface area contributed by atoms with Crippen molar-refractivity contribution in [1.29, 1.82) is 0 Å². The Morgan fingerprint density at radius 1 is 1.53 bits per heavy atom. The van der Waals surface area contributed by atoms with Crippen LogP contribution in [0.4, 0.5) is 5.82 Å². The second kappa shape index (κ2) is 5.66. The van der Waals surface area contributed by atoms with E-state index in [1.54, 1.807) is 26.2 Å². The average molecular weight is 264 g/mol. The maximum atomic E-state index is 11.2. The van der Waals surface area contributed by atoms with Gasteiger partial charge in [0, 0.05) is 20.3 Å². The molecule has 0 amide bonds. The number of nitrogens with zero attached hydrogens (tertiary/aromatic N) is 3. The largest absolute Gasteiger partial charge is 0.476 e. The average Bonchev–Trinajstić information content (AvgIpc) is 2.70. The molecule has 0 atom stereocenters. The summed E-state index contributed by atoms with van der Waals surface area (Å²) in [6.45, 7) is 3.03. The summed E-state index contributed by atoms with van der Waals surface area (Å²) in [7, 11) is 1.65. The van der Waals surface area contributed by atoms with Crippen LogP contribution in [0.5, 0.6) is 0 Å². The lowest BCUT2D eigenvalue weighted by molar-refractivity contribution is 0.0687. The van der Waals surface area contributed by atoms with Gasteiger partial charge in [-0.25, -0.2) is 14.3 Å². The molecule has 0 aliphatic heterocycles. The van der Waals surface area contributed by atoms with Gasteiger partial charge < -0.3 is 15.2 Å². The van der Waals surface area contributed by atoms with Crippen molar-refractivity contribution in [3.8, 4) is 0 Å². The number of aromatic carboxylic acids is 1. The first kappa shape index (κ1) is 13.3. The Labute approximate surface area is 110 Å². The summed E-state index contributed by atoms with van der Waals surface area (Å²) in [5.74, 6) is -0.419. The minimum Gasteiger partial charge on any atom is -0.476 e. The van der Waals surface area contributed by atoms with Gasteiger partial charge in [-0.15, -0.1) is 5.10 Å². The van der Waals surface area contributed by atoms with Gasteiger partial charge in [0.25, 0.3) is 0 Å². The number of carbonyl (C=O) groups is 1. The van der Waals surface area contributed by atoms with Gasteiger partial charge >= 0.3 is 5.97 Å². The van der Waals surface area contributed by atoms with E-state index < -0.39 is 5.97 Å². The number of methoxy groups -OCH3 is 1. The molecule has 2 aromatic rings. The monoisotopic (exact) mass is 264 g/mol. The molecule has 0 unspecified atom stereocenters. The Hall–Kier alpha value is -2.15. The van der Waals surface area contributed by atoms with Crippen molar-refractivity contribution in [2.75, 3.05) is 25.6 Å². The summed E-state index contributed by atoms with van der Waals surface area (Å²) in [6, 6.07) is 3.52. The van der Waals surface area contributed by atoms with Crippen LogP contribution in [0, 0.1) is 6.92 Å². The number of aromatic nitrogens is 3. The zero-order valence-corrected chi connectivity index (χ0v) is 10.9. The van der Waals surface area contributed by atoms with Crippen molar-refractivity contribution in [2.45, 2.75) is 13.3 Å². The van der Waals surface area contributed by atoms with Crippen LogP contribution in [-0.2, 0) is 4.74 Å². The topological polar surface area (TPSA) is 88.8 Å². The molecule has 0 radical (unpaired) electrons. The Balaban J connectivity index is 2.23. The number of anilines is 1. The maximum Gasteiger partial charge on any atom is 0.356 e. The van der Waals surface area contributed by atoms with Crippen LogP contribution in [0.3, 0.4) is 0 Å². The Morgan fingerprint density at radius 3 is 3.00 bits per heavy atom. The minimum absolute atomic E-state index is 0.0931. The molecule has 0 aliphatic rings. The number of hydrogen-bond donors (Lipinski definition) is 2. The third kappa shape index (κ3) is 2.82. The van der Waals surface area contributed by atoms with E-state index in [0.29, 0.717) is 30.3 Å². The van der Waals surface area contributed by atoms with Crippen molar-refractivity contribution in [3.05, 3.63) is 23.5 Å². The van der Waals surface area contributed by atoms with Crippen LogP contribution in [0.1, 0.15) is 22.6 Å². The summed E-state index contributed by atoms with van der Waals surface area (Å²) in [5, 5.41) is 16.5. The van der Waals surface area contributed by atoms with Gasteiger partial charge in [-0.05, 0) is 25.5 Å². The highest BCUT2D eigenvalue weighted by atomic mass is 16.5. The predicted octanol–water partition coefficient (Wildman–Crippen LogP) is 1.18. The Morgan fingerprint density at radius 2 is 2.32 bits per heavy atom. The van der Waals surface area contributed by atoms with E-state index >= 15 is 0 Å². The van der Waals surface area contributed by atoms with Gasteiger partial charge in [0.15, 0.2) is 11.3 Å². The first-order chi connectivity index (χ1) is 9.13. The third-order valence-electron chi connectivity index (χ3n) is 2.69. The fourth-order valence-electron chi connectivity index (χ4n) is 1.82. The van der Waals surface area contributed by atoms with Crippen molar-refractivity contribution in [2.24, 2.45) is 0 Å². The quantitative estimate of drug-likeness (QED) is 0.762. The van der Waals surface area contributed by atoms with E-state index in [-0.39, 0.29) is 5.69 Å². The molecule has 0 saturated carbocycles. The van der Waals surface area contributed by atoms with E-state index in [1.807, 2.05) is 0 Å². The molecule has 2 N–H and O–H groups in total. The van der Waals surface area contributed by atoms with E-state index in [2.05, 4.69) is 15.4 Å². The number of rotatable bonds is 6. The molecule has 0 spiro atoms. The molecule has 102 valence electrons. The smallest absolute Gasteiger partial charge is 0.356 e. The highest BCUT2D eigenvalue weighted by molar-refractivity contribution is 5.88. The number of carboxylic acids is 1. The lowest BCUT2D eigenvalue weighted by Gasteiger charge is -2.05. The van der Waals surface area contributed by atoms with Gasteiger partial charge in [0.05, 0.1) is 5.69 Å². The first-order valence-electron chi connectivity index (χ1n) is 5.96. The molecule has 0 aromatic carbocycles. The number of aryl methyl sites for hydroxylation is 1. The summed E-state index contributed by atoms with van der Waals surface area (Å²) >= 11 is 0. The van der Waals surface area contributed by atoms with Crippen molar-refractivity contribution >= 4 is 17.4 Å². The van der Waals surface area contributed by atoms with Gasteiger partial charge in [-0.1, -0.05) is 0 Å². The SMILES string of the molecule is COCCCNc1ccc2nc(C)c(C(=O)O)n2n1. The fourth-order valence-corrected chi connectivity index (χ4v) is 1.82. The van der Waals surface area contributed by atoms with Gasteiger partial charge in [0.2, 0.25) is 0 Å². The van der Waals surface area contributed by atoms with Crippen LogP contribution < -0.4 is 5.32 Å². The normalized spacial score (nSPS) is 10.8. The molecule has 2 heterocycles. The third-order valence-corrected chi connectivity index (χ3v) is 2.69. The van der Waals surface area contributed by atoms with Crippen LogP contribution in [0.2, 0.25) is 0 Å². The molecular weight excluding hydrogens is 248 g/mol. The van der Waals surface area contributed by atoms with Crippen LogP contribution in [0.25, 0.3) is 5.65 Å². The van der Waals surface area contributed by atoms with E-state index in [4.69, 9.17) is 9.84 Å². The first-order valence-corrected chi connectivity index (χ1v) is 5.96. The fraction of sp³-hybridized carbons (Fsp3) is 0.417. The van der Waals surface area contributed by atoms with E-state index in [9.17, 15) is 4.79 Å². The lowest BCUT2D eigenvalue weighted by Crippen LogP contribution is -2.10. The van der Waals surface area contributed by atoms with Gasteiger partial charge in [0.1, 0.15) is 5.82 Å². The summed E-state index contributed by atoms with van der Waals surface area (Å²) in [4.78, 5) is 15.3. The van der Waals surface area contributed by atoms with Crippen LogP contribution >= 0.6 is 0 Å². The molecule has 2 aromatic heterocycles. The number of hydrogen-bond acceptors (Lipinski definition) is 5. The number of nitrogens with one attached hydrogen (secondary N) is 1. The summed E-state index contributed by atoms with van der Waals surface area (Å²) < 4.78 is 6.29. The highest BCUT2D eigenvalue weighted by Crippen LogP contribution is 2.13. The van der Waals surface area contributed by atoms with Gasteiger partial charge in [-0.3, -0.25) is 0 Å². The maximum absolute atomic E-state index is 11.2. The second-order valence-corrected chi connectivity index (χ2v) is 4.11. The number of fused-ring (bicyclic) bond motifs is 1. The molecule has 19 heavy (non-hydrogen) atoms. The summed E-state index contributed by atoms with van der Waals surface area (Å²) in [5.41, 5.74) is 1.07. The molecule has 2 rings (SSSR count). The zero-order valence-electron chi connectivity index (χ0n) is 10.9. The van der Waals surface area contributed by atoms with E-state index in [1.165, 1.54) is 4.52 Å². The number of ether oxygens (including phenoxy) is 1. The standard InChI is InChI=1S/C12H16N4O3/c1-8-11(12(17)18)16-10(14-8)5-4-9(15-16)13-6-3-7-19-2/h4-5H,3,6-7H2,1-2H3,(H,13,15)(H,17,18). The second-order valence-electron chi connectivity index (χ2n) is 4.11. The molecule has 7 nitrogen and oxygen atoms in total. The minimum atomic E-state index is -1.03. The van der Waals surface area contributed by atoms with Crippen molar-refractivity contribution in [1.82, 2.24) is 14.6 Å². The van der Waals surface area contributed by atoms with Crippen molar-refractivity contribution < 1.29 is 14.6 Å². The highest BCUT2D eigenvalue weighted by Gasteiger charge is 2.16. The molecule has 0 fully saturated rings. The number of carboxylic acid groups (broad SMARTS) is 1. The zero-order chi connectivity index (χ0) is 13.8. The van der Waals surface area contributed by atoms with Crippen LogP contribution in [0.15, 0.2) is 12.1 Å². The molecule has 0 bridgehead atoms. The Bertz CT molecular complexity index is 594. The summed E-state index contributed by atoms with van der Waals surface area (Å²) in [6.07, 6.45) is 0.852.